The van der Waals surface area contributed by atoms with Crippen LogP contribution in [0.1, 0.15) is 12.8 Å². The summed E-state index contributed by atoms with van der Waals surface area (Å²) < 4.78 is 37.8. The molecule has 1 fully saturated rings. The zero-order valence-electron chi connectivity index (χ0n) is 20.6. The first kappa shape index (κ1) is 24.0. The molecule has 1 aliphatic carbocycles. The first-order valence-electron chi connectivity index (χ1n) is 11.5. The van der Waals surface area contributed by atoms with Crippen LogP contribution in [0.5, 0.6) is 11.5 Å². The third-order valence-corrected chi connectivity index (χ3v) is 7.77. The van der Waals surface area contributed by atoms with Crippen LogP contribution in [0.15, 0.2) is 55.0 Å². The third-order valence-electron chi connectivity index (χ3n) is 6.18. The van der Waals surface area contributed by atoms with Gasteiger partial charge in [0.2, 0.25) is 0 Å². The van der Waals surface area contributed by atoms with Gasteiger partial charge in [0.05, 0.1) is 49.5 Å². The largest absolute Gasteiger partial charge is 0.497 e. The van der Waals surface area contributed by atoms with Gasteiger partial charge >= 0.3 is 10.2 Å². The number of hydrogen-bond donors (Lipinski definition) is 0. The Morgan fingerprint density at radius 2 is 1.69 bits per heavy atom. The average Bonchev–Trinajstić information content (AvgIpc) is 3.57. The topological polar surface area (TPSA) is 103 Å². The number of fused-ring (bicyclic) bond motifs is 1. The summed E-state index contributed by atoms with van der Waals surface area (Å²) in [4.78, 5) is 11.6. The molecule has 0 spiro atoms. The van der Waals surface area contributed by atoms with E-state index in [4.69, 9.17) is 14.5 Å². The minimum atomic E-state index is -3.71. The van der Waals surface area contributed by atoms with Gasteiger partial charge in [0.25, 0.3) is 0 Å². The van der Waals surface area contributed by atoms with Gasteiger partial charge in [-0.2, -0.15) is 21.9 Å². The molecule has 1 aliphatic rings. The Bertz CT molecular complexity index is 1490. The Kier molecular flexibility index (Phi) is 6.27. The maximum atomic E-state index is 12.4. The van der Waals surface area contributed by atoms with Crippen LogP contribution in [0.2, 0.25) is 0 Å². The highest BCUT2D eigenvalue weighted by Gasteiger charge is 2.26. The van der Waals surface area contributed by atoms with Gasteiger partial charge < -0.3 is 14.4 Å². The van der Waals surface area contributed by atoms with E-state index in [0.29, 0.717) is 22.7 Å². The van der Waals surface area contributed by atoms with Crippen LogP contribution in [-0.4, -0.2) is 66.7 Å². The van der Waals surface area contributed by atoms with Gasteiger partial charge in [-0.1, -0.05) is 0 Å². The van der Waals surface area contributed by atoms with Gasteiger partial charge in [-0.3, -0.25) is 4.98 Å². The second-order valence-electron chi connectivity index (χ2n) is 8.94. The maximum absolute atomic E-state index is 12.4. The van der Waals surface area contributed by atoms with Gasteiger partial charge in [-0.25, -0.2) is 4.98 Å². The number of methoxy groups -OCH3 is 2. The molecule has 2 aromatic carbocycles. The van der Waals surface area contributed by atoms with Crippen molar-refractivity contribution in [3.05, 3.63) is 55.0 Å². The summed E-state index contributed by atoms with van der Waals surface area (Å²) in [6, 6.07) is 11.8. The van der Waals surface area contributed by atoms with Crippen LogP contribution >= 0.6 is 0 Å². The molecule has 0 bridgehead atoms. The third kappa shape index (κ3) is 4.71. The monoisotopic (exact) mass is 508 g/mol. The fourth-order valence-electron chi connectivity index (χ4n) is 3.90. The first-order chi connectivity index (χ1) is 17.3. The van der Waals surface area contributed by atoms with Crippen molar-refractivity contribution in [1.29, 1.82) is 0 Å². The van der Waals surface area contributed by atoms with E-state index in [0.717, 1.165) is 43.3 Å². The fraction of sp³-hybridized carbons (Fsp3) is 0.320. The van der Waals surface area contributed by atoms with E-state index in [1.54, 1.807) is 20.4 Å². The summed E-state index contributed by atoms with van der Waals surface area (Å²) in [6.07, 6.45) is 6.95. The number of aromatic nitrogens is 4. The van der Waals surface area contributed by atoms with Crippen molar-refractivity contribution in [2.24, 2.45) is 5.92 Å². The molecule has 0 atom stereocenters. The molecule has 0 saturated heterocycles. The molecule has 188 valence electrons. The zero-order chi connectivity index (χ0) is 25.4. The minimum absolute atomic E-state index is 0.539. The smallest absolute Gasteiger partial charge is 0.322 e. The zero-order valence-corrected chi connectivity index (χ0v) is 21.4. The lowest BCUT2D eigenvalue weighted by atomic mass is 10.1. The van der Waals surface area contributed by atoms with Crippen molar-refractivity contribution in [3.8, 4) is 22.8 Å². The first-order valence-corrected chi connectivity index (χ1v) is 12.9. The van der Waals surface area contributed by atoms with E-state index < -0.39 is 10.2 Å². The van der Waals surface area contributed by atoms with E-state index in [-0.39, 0.29) is 0 Å². The van der Waals surface area contributed by atoms with Crippen LogP contribution < -0.4 is 14.4 Å². The lowest BCUT2D eigenvalue weighted by Gasteiger charge is -2.26. The molecule has 0 N–H and O–H groups in total. The number of ether oxygens (including phenoxy) is 2. The molecule has 0 amide bonds. The Balaban J connectivity index is 1.54. The molecule has 11 heteroatoms. The van der Waals surface area contributed by atoms with Crippen LogP contribution in [0.25, 0.3) is 22.3 Å². The quantitative estimate of drug-likeness (QED) is 0.337. The van der Waals surface area contributed by atoms with Gasteiger partial charge in [-0.05, 0) is 37.0 Å². The Labute approximate surface area is 210 Å². The highest BCUT2D eigenvalue weighted by atomic mass is 32.2. The second-order valence-corrected chi connectivity index (χ2v) is 10.9. The molecule has 2 aromatic heterocycles. The summed E-state index contributed by atoms with van der Waals surface area (Å²) in [5, 5.41) is 4.01. The molecule has 10 nitrogen and oxygen atoms in total. The highest BCUT2D eigenvalue weighted by molar-refractivity contribution is 7.87. The van der Waals surface area contributed by atoms with Crippen LogP contribution in [0, 0.1) is 5.92 Å². The molecule has 1 saturated carbocycles. The summed E-state index contributed by atoms with van der Waals surface area (Å²) in [5.74, 6) is 2.07. The summed E-state index contributed by atoms with van der Waals surface area (Å²) in [7, 11) is 2.49. The van der Waals surface area contributed by atoms with Crippen molar-refractivity contribution in [1.82, 2.24) is 23.5 Å². The van der Waals surface area contributed by atoms with Gasteiger partial charge in [0.1, 0.15) is 11.5 Å². The molecule has 0 unspecified atom stereocenters. The normalized spacial score (nSPS) is 13.8. The van der Waals surface area contributed by atoms with Crippen LogP contribution in [0.4, 0.5) is 11.4 Å². The van der Waals surface area contributed by atoms with Gasteiger partial charge in [-0.15, -0.1) is 0 Å². The van der Waals surface area contributed by atoms with Crippen molar-refractivity contribution in [3.63, 3.8) is 0 Å². The van der Waals surface area contributed by atoms with Crippen molar-refractivity contribution in [2.75, 3.05) is 39.8 Å². The number of rotatable bonds is 9. The van der Waals surface area contributed by atoms with E-state index in [9.17, 15) is 8.42 Å². The molecular weight excluding hydrogens is 480 g/mol. The molecule has 4 aromatic rings. The standard InChI is InChI=1S/C25H28N6O4S/c1-29(2)36(32,33)31-16-18(13-27-31)25-14-26-23-8-7-19(11-24(23)28-25)30(15-17-5-6-17)20-9-21(34-3)12-22(10-20)35-4/h7-14,16-17H,5-6,15H2,1-4H3. The molecule has 0 aliphatic heterocycles. The summed E-state index contributed by atoms with van der Waals surface area (Å²) in [6.45, 7) is 0.865. The SMILES string of the molecule is COc1cc(OC)cc(N(CC2CC2)c2ccc3ncc(-c4cnn(S(=O)(=O)N(C)C)c4)nc3c2)c1. The fourth-order valence-corrected chi connectivity index (χ4v) is 4.65. The van der Waals surface area contributed by atoms with Gasteiger partial charge in [0.15, 0.2) is 0 Å². The second kappa shape index (κ2) is 9.40. The van der Waals surface area contributed by atoms with E-state index in [1.807, 2.05) is 36.4 Å². The molecule has 2 heterocycles. The van der Waals surface area contributed by atoms with E-state index >= 15 is 0 Å². The predicted molar refractivity (Wildman–Crippen MR) is 138 cm³/mol. The predicted octanol–water partition coefficient (Wildman–Crippen LogP) is 3.71. The average molecular weight is 509 g/mol. The number of anilines is 2. The Morgan fingerprint density at radius 3 is 2.33 bits per heavy atom. The highest BCUT2D eigenvalue weighted by Crippen LogP contribution is 2.38. The van der Waals surface area contributed by atoms with E-state index in [2.05, 4.69) is 15.0 Å². The molecule has 0 radical (unpaired) electrons. The molecule has 5 rings (SSSR count). The van der Waals surface area contributed by atoms with Crippen molar-refractivity contribution >= 4 is 32.6 Å². The van der Waals surface area contributed by atoms with Crippen LogP contribution in [-0.2, 0) is 10.2 Å². The summed E-state index contributed by atoms with van der Waals surface area (Å²) >= 11 is 0. The van der Waals surface area contributed by atoms with Crippen LogP contribution in [0.3, 0.4) is 0 Å². The minimum Gasteiger partial charge on any atom is -0.497 e. The molecular formula is C25H28N6O4S. The lowest BCUT2D eigenvalue weighted by Crippen LogP contribution is -2.29. The molecule has 36 heavy (non-hydrogen) atoms. The van der Waals surface area contributed by atoms with Gasteiger partial charge in [0, 0.05) is 55.8 Å². The van der Waals surface area contributed by atoms with E-state index in [1.165, 1.54) is 39.3 Å². The van der Waals surface area contributed by atoms with Crippen molar-refractivity contribution < 1.29 is 17.9 Å². The Morgan fingerprint density at radius 1 is 0.972 bits per heavy atom. The van der Waals surface area contributed by atoms with Crippen molar-refractivity contribution in [2.45, 2.75) is 12.8 Å². The number of hydrogen-bond acceptors (Lipinski definition) is 8. The number of benzene rings is 2. The number of nitrogens with zero attached hydrogens (tertiary/aromatic N) is 6. The Hall–Kier alpha value is -3.70. The summed E-state index contributed by atoms with van der Waals surface area (Å²) in [5.41, 5.74) is 4.48. The maximum Gasteiger partial charge on any atom is 0.322 e. The lowest BCUT2D eigenvalue weighted by molar-refractivity contribution is 0.394.